The summed E-state index contributed by atoms with van der Waals surface area (Å²) < 4.78 is 0. The van der Waals surface area contributed by atoms with Crippen molar-refractivity contribution in [1.29, 1.82) is 0 Å². The maximum absolute atomic E-state index is 5.70. The fourth-order valence-corrected chi connectivity index (χ4v) is 2.99. The van der Waals surface area contributed by atoms with Crippen molar-refractivity contribution < 1.29 is 0 Å². The Morgan fingerprint density at radius 2 is 1.65 bits per heavy atom. The molecule has 2 nitrogen and oxygen atoms in total. The van der Waals surface area contributed by atoms with Crippen molar-refractivity contribution in [3.63, 3.8) is 0 Å². The molecule has 1 aromatic carbocycles. The van der Waals surface area contributed by atoms with E-state index in [9.17, 15) is 0 Å². The van der Waals surface area contributed by atoms with E-state index in [1.54, 1.807) is 0 Å². The lowest BCUT2D eigenvalue weighted by atomic mass is 9.76. The van der Waals surface area contributed by atoms with E-state index >= 15 is 0 Å². The molecule has 0 saturated heterocycles. The Morgan fingerprint density at radius 1 is 1.00 bits per heavy atom. The molecule has 1 atom stereocenters. The minimum atomic E-state index is 0.360. The van der Waals surface area contributed by atoms with Gasteiger partial charge in [0.15, 0.2) is 0 Å². The summed E-state index contributed by atoms with van der Waals surface area (Å²) in [5, 5.41) is 0. The zero-order valence-electron chi connectivity index (χ0n) is 10.4. The Labute approximate surface area is 104 Å². The second kappa shape index (κ2) is 4.79. The molecule has 0 amide bonds. The van der Waals surface area contributed by atoms with Gasteiger partial charge in [-0.3, -0.25) is 11.3 Å². The number of rotatable bonds is 4. The molecule has 2 aliphatic carbocycles. The highest BCUT2D eigenvalue weighted by Crippen LogP contribution is 2.39. The lowest BCUT2D eigenvalue weighted by molar-refractivity contribution is 0.232. The summed E-state index contributed by atoms with van der Waals surface area (Å²) in [6.07, 6.45) is 8.16. The average Bonchev–Trinajstić information content (AvgIpc) is 2.22. The van der Waals surface area contributed by atoms with Crippen LogP contribution in [0, 0.1) is 5.92 Å². The summed E-state index contributed by atoms with van der Waals surface area (Å²) in [7, 11) is 0. The molecule has 2 saturated carbocycles. The Hall–Kier alpha value is -0.860. The van der Waals surface area contributed by atoms with Gasteiger partial charge in [-0.05, 0) is 48.6 Å². The fraction of sp³-hybridized carbons (Fsp3) is 0.600. The molecule has 2 aliphatic rings. The van der Waals surface area contributed by atoms with Crippen molar-refractivity contribution in [2.75, 3.05) is 0 Å². The minimum absolute atomic E-state index is 0.360. The Morgan fingerprint density at radius 3 is 2.06 bits per heavy atom. The lowest BCUT2D eigenvalue weighted by Gasteiger charge is -2.34. The standard InChI is InChI=1S/C15H22N2/c16-17-15(13-5-2-6-13)14-9-7-12(8-10-14)11-3-1-4-11/h7-11,13,15,17H,1-6,16H2. The molecule has 1 unspecified atom stereocenters. The molecule has 17 heavy (non-hydrogen) atoms. The molecule has 0 bridgehead atoms. The molecule has 0 radical (unpaired) electrons. The Balaban J connectivity index is 1.73. The van der Waals surface area contributed by atoms with Crippen LogP contribution in [0.4, 0.5) is 0 Å². The average molecular weight is 230 g/mol. The van der Waals surface area contributed by atoms with Gasteiger partial charge in [0.25, 0.3) is 0 Å². The maximum Gasteiger partial charge on any atom is 0.0488 e. The van der Waals surface area contributed by atoms with Gasteiger partial charge in [-0.1, -0.05) is 37.1 Å². The van der Waals surface area contributed by atoms with E-state index in [1.165, 1.54) is 49.7 Å². The van der Waals surface area contributed by atoms with Crippen LogP contribution in [0.2, 0.25) is 0 Å². The highest BCUT2D eigenvalue weighted by molar-refractivity contribution is 5.29. The smallest absolute Gasteiger partial charge is 0.0488 e. The quantitative estimate of drug-likeness (QED) is 0.615. The predicted molar refractivity (Wildman–Crippen MR) is 70.4 cm³/mol. The molecule has 2 heteroatoms. The fourth-order valence-electron chi connectivity index (χ4n) is 2.99. The molecule has 92 valence electrons. The number of benzene rings is 1. The number of hydrogen-bond donors (Lipinski definition) is 2. The third-order valence-corrected chi connectivity index (χ3v) is 4.67. The molecule has 0 aliphatic heterocycles. The van der Waals surface area contributed by atoms with Crippen molar-refractivity contribution in [3.8, 4) is 0 Å². The van der Waals surface area contributed by atoms with Crippen LogP contribution in [-0.2, 0) is 0 Å². The molecule has 3 N–H and O–H groups in total. The van der Waals surface area contributed by atoms with Crippen molar-refractivity contribution in [3.05, 3.63) is 35.4 Å². The third-order valence-electron chi connectivity index (χ3n) is 4.67. The first kappa shape index (κ1) is 11.2. The summed E-state index contributed by atoms with van der Waals surface area (Å²) in [4.78, 5) is 0. The van der Waals surface area contributed by atoms with Crippen LogP contribution in [0.15, 0.2) is 24.3 Å². The second-order valence-electron chi connectivity index (χ2n) is 5.63. The summed E-state index contributed by atoms with van der Waals surface area (Å²) in [6.45, 7) is 0. The topological polar surface area (TPSA) is 38.0 Å². The van der Waals surface area contributed by atoms with E-state index in [0.29, 0.717) is 6.04 Å². The van der Waals surface area contributed by atoms with Gasteiger partial charge in [-0.15, -0.1) is 0 Å². The molecular weight excluding hydrogens is 208 g/mol. The van der Waals surface area contributed by atoms with Crippen molar-refractivity contribution >= 4 is 0 Å². The summed E-state index contributed by atoms with van der Waals surface area (Å²) in [5.41, 5.74) is 5.88. The van der Waals surface area contributed by atoms with Gasteiger partial charge in [-0.2, -0.15) is 0 Å². The van der Waals surface area contributed by atoms with Gasteiger partial charge in [0, 0.05) is 6.04 Å². The number of hydrazine groups is 1. The van der Waals surface area contributed by atoms with Gasteiger partial charge in [0.1, 0.15) is 0 Å². The minimum Gasteiger partial charge on any atom is -0.271 e. The monoisotopic (exact) mass is 230 g/mol. The maximum atomic E-state index is 5.70. The zero-order chi connectivity index (χ0) is 11.7. The van der Waals surface area contributed by atoms with Crippen LogP contribution >= 0.6 is 0 Å². The van der Waals surface area contributed by atoms with Crippen molar-refractivity contribution in [2.45, 2.75) is 50.5 Å². The zero-order valence-corrected chi connectivity index (χ0v) is 10.4. The molecule has 0 aromatic heterocycles. The van der Waals surface area contributed by atoms with Gasteiger partial charge >= 0.3 is 0 Å². The van der Waals surface area contributed by atoms with Gasteiger partial charge in [0.05, 0.1) is 0 Å². The van der Waals surface area contributed by atoms with E-state index in [-0.39, 0.29) is 0 Å². The summed E-state index contributed by atoms with van der Waals surface area (Å²) in [5.74, 6) is 7.28. The van der Waals surface area contributed by atoms with Crippen molar-refractivity contribution in [1.82, 2.24) is 5.43 Å². The molecule has 3 rings (SSSR count). The first-order chi connectivity index (χ1) is 8.38. The number of hydrogen-bond acceptors (Lipinski definition) is 2. The van der Waals surface area contributed by atoms with E-state index in [1.807, 2.05) is 0 Å². The summed E-state index contributed by atoms with van der Waals surface area (Å²) >= 11 is 0. The Bertz CT molecular complexity index is 363. The van der Waals surface area contributed by atoms with Gasteiger partial charge < -0.3 is 0 Å². The molecule has 2 fully saturated rings. The third kappa shape index (κ3) is 2.12. The van der Waals surface area contributed by atoms with Crippen molar-refractivity contribution in [2.24, 2.45) is 11.8 Å². The van der Waals surface area contributed by atoms with Crippen LogP contribution < -0.4 is 11.3 Å². The summed E-state index contributed by atoms with van der Waals surface area (Å²) in [6, 6.07) is 9.52. The van der Waals surface area contributed by atoms with E-state index in [0.717, 1.165) is 11.8 Å². The second-order valence-corrected chi connectivity index (χ2v) is 5.63. The lowest BCUT2D eigenvalue weighted by Crippen LogP contribution is -2.36. The highest BCUT2D eigenvalue weighted by atomic mass is 15.2. The van der Waals surface area contributed by atoms with Crippen LogP contribution in [0.1, 0.15) is 61.6 Å². The SMILES string of the molecule is NNC(c1ccc(C2CCC2)cc1)C1CCC1. The van der Waals surface area contributed by atoms with E-state index < -0.39 is 0 Å². The number of nitrogens with one attached hydrogen (secondary N) is 1. The van der Waals surface area contributed by atoms with E-state index in [4.69, 9.17) is 5.84 Å². The molecule has 1 aromatic rings. The highest BCUT2D eigenvalue weighted by Gasteiger charge is 2.28. The molecule has 0 spiro atoms. The predicted octanol–water partition coefficient (Wildman–Crippen LogP) is 3.26. The van der Waals surface area contributed by atoms with Gasteiger partial charge in [0.2, 0.25) is 0 Å². The van der Waals surface area contributed by atoms with Crippen LogP contribution in [-0.4, -0.2) is 0 Å². The normalized spacial score (nSPS) is 22.9. The first-order valence-corrected chi connectivity index (χ1v) is 6.94. The van der Waals surface area contributed by atoms with Gasteiger partial charge in [-0.25, -0.2) is 0 Å². The number of nitrogens with two attached hydrogens (primary N) is 1. The first-order valence-electron chi connectivity index (χ1n) is 6.94. The molecule has 0 heterocycles. The van der Waals surface area contributed by atoms with Crippen LogP contribution in [0.25, 0.3) is 0 Å². The largest absolute Gasteiger partial charge is 0.271 e. The Kier molecular flexibility index (Phi) is 3.17. The van der Waals surface area contributed by atoms with Crippen LogP contribution in [0.3, 0.4) is 0 Å². The molecular formula is C15H22N2. The van der Waals surface area contributed by atoms with E-state index in [2.05, 4.69) is 29.7 Å². The van der Waals surface area contributed by atoms with Crippen LogP contribution in [0.5, 0.6) is 0 Å².